The number of benzene rings is 2. The summed E-state index contributed by atoms with van der Waals surface area (Å²) in [6.07, 6.45) is 0. The Morgan fingerprint density at radius 1 is 1.13 bits per heavy atom. The van der Waals surface area contributed by atoms with Crippen LogP contribution in [0.4, 0.5) is 11.4 Å². The molecule has 156 valence electrons. The van der Waals surface area contributed by atoms with Gasteiger partial charge in [-0.2, -0.15) is 0 Å². The molecule has 4 rings (SSSR count). The summed E-state index contributed by atoms with van der Waals surface area (Å²) < 4.78 is 5.28. The molecule has 1 aliphatic heterocycles. The molecule has 0 spiro atoms. The molecule has 1 heterocycles. The summed E-state index contributed by atoms with van der Waals surface area (Å²) in [5, 5.41) is 4.36. The van der Waals surface area contributed by atoms with E-state index in [1.54, 1.807) is 13.0 Å². The van der Waals surface area contributed by atoms with Gasteiger partial charge < -0.3 is 15.0 Å². The molecule has 1 N–H and O–H groups in total. The highest BCUT2D eigenvalue weighted by Crippen LogP contribution is 2.40. The van der Waals surface area contributed by atoms with Gasteiger partial charge in [-0.25, -0.2) is 0 Å². The number of nitrogens with one attached hydrogen (secondary N) is 1. The van der Waals surface area contributed by atoms with Gasteiger partial charge in [0.15, 0.2) is 5.75 Å². The zero-order valence-corrected chi connectivity index (χ0v) is 18.5. The van der Waals surface area contributed by atoms with E-state index < -0.39 is 10.9 Å². The quantitative estimate of drug-likeness (QED) is 0.581. The monoisotopic (exact) mass is 444 g/mol. The Balaban J connectivity index is 1.68. The van der Waals surface area contributed by atoms with Crippen molar-refractivity contribution in [1.29, 1.82) is 0 Å². The minimum atomic E-state index is -0.580. The van der Waals surface area contributed by atoms with E-state index in [0.717, 1.165) is 35.5 Å². The molecule has 5 nitrogen and oxygen atoms in total. The number of ether oxygens (including phenoxy) is 1. The van der Waals surface area contributed by atoms with Crippen LogP contribution in [0.1, 0.15) is 35.1 Å². The lowest BCUT2D eigenvalue weighted by atomic mass is 9.83. The third-order valence-corrected chi connectivity index (χ3v) is 6.12. The Morgan fingerprint density at radius 2 is 1.90 bits per heavy atom. The van der Waals surface area contributed by atoms with Gasteiger partial charge in [-0.15, -0.1) is 0 Å². The first-order chi connectivity index (χ1) is 14.3. The number of hydrogen-bond donors (Lipinski definition) is 1. The molecule has 0 saturated heterocycles. The average molecular weight is 445 g/mol. The predicted molar refractivity (Wildman–Crippen MR) is 122 cm³/mol. The minimum Gasteiger partial charge on any atom is -0.488 e. The summed E-state index contributed by atoms with van der Waals surface area (Å²) in [5.41, 5.74) is 4.31. The summed E-state index contributed by atoms with van der Waals surface area (Å²) >= 11 is 12.8. The topological polar surface area (TPSA) is 58.6 Å². The van der Waals surface area contributed by atoms with Crippen molar-refractivity contribution in [2.75, 3.05) is 25.5 Å². The van der Waals surface area contributed by atoms with Crippen molar-refractivity contribution >= 4 is 34.6 Å². The molecule has 0 fully saturated rings. The van der Waals surface area contributed by atoms with E-state index in [9.17, 15) is 9.59 Å². The van der Waals surface area contributed by atoms with Crippen molar-refractivity contribution in [2.45, 2.75) is 26.3 Å². The fraction of sp³-hybridized carbons (Fsp3) is 0.304. The number of anilines is 2. The third-order valence-electron chi connectivity index (χ3n) is 5.56. The molecule has 3 aromatic rings. The van der Waals surface area contributed by atoms with E-state index in [2.05, 4.69) is 17.3 Å². The molecular weight excluding hydrogens is 423 g/mol. The number of hydrogen-bond acceptors (Lipinski definition) is 5. The summed E-state index contributed by atoms with van der Waals surface area (Å²) in [4.78, 5) is 25.8. The normalized spacial score (nSPS) is 16.5. The fourth-order valence-corrected chi connectivity index (χ4v) is 4.74. The van der Waals surface area contributed by atoms with E-state index in [-0.39, 0.29) is 17.4 Å². The lowest BCUT2D eigenvalue weighted by molar-refractivity contribution is 0.295. The van der Waals surface area contributed by atoms with E-state index in [1.807, 2.05) is 31.2 Å². The second-order valence-corrected chi connectivity index (χ2v) is 8.54. The zero-order chi connectivity index (χ0) is 21.6. The molecule has 1 aliphatic rings. The molecule has 0 radical (unpaired) electrons. The first-order valence-corrected chi connectivity index (χ1v) is 10.6. The van der Waals surface area contributed by atoms with Gasteiger partial charge in [-0.1, -0.05) is 29.3 Å². The average Bonchev–Trinajstić information content (AvgIpc) is 2.70. The second kappa shape index (κ2) is 8.06. The number of aryl methyl sites for hydroxylation is 1. The fourth-order valence-electron chi connectivity index (χ4n) is 4.17. The highest BCUT2D eigenvalue weighted by molar-refractivity contribution is 6.35. The van der Waals surface area contributed by atoms with E-state index in [0.29, 0.717) is 16.7 Å². The lowest BCUT2D eigenvalue weighted by Gasteiger charge is -2.34. The van der Waals surface area contributed by atoms with Gasteiger partial charge in [0, 0.05) is 34.7 Å². The Hall–Kier alpha value is -2.34. The Bertz CT molecular complexity index is 1200. The molecule has 1 atom stereocenters. The molecule has 30 heavy (non-hydrogen) atoms. The largest absolute Gasteiger partial charge is 0.488 e. The summed E-state index contributed by atoms with van der Waals surface area (Å²) in [6.45, 7) is 5.77. The first kappa shape index (κ1) is 20.9. The van der Waals surface area contributed by atoms with Crippen LogP contribution in [0.25, 0.3) is 0 Å². The number of rotatable bonds is 5. The molecule has 0 saturated carbocycles. The van der Waals surface area contributed by atoms with Crippen LogP contribution >= 0.6 is 23.2 Å². The summed E-state index contributed by atoms with van der Waals surface area (Å²) in [5.74, 6) is 0.241. The number of halogens is 2. The van der Waals surface area contributed by atoms with Gasteiger partial charge >= 0.3 is 0 Å². The van der Waals surface area contributed by atoms with Gasteiger partial charge in [0.05, 0.1) is 6.61 Å². The van der Waals surface area contributed by atoms with Crippen LogP contribution in [0.15, 0.2) is 39.9 Å². The SMILES string of the molecule is CCOc1c(Nc2ccc(C3CN(C)Cc4c(Cl)cc(Cl)cc43)c(C)c2)c(=O)c1=O. The Morgan fingerprint density at radius 3 is 2.60 bits per heavy atom. The molecule has 7 heteroatoms. The molecule has 0 amide bonds. The summed E-state index contributed by atoms with van der Waals surface area (Å²) in [7, 11) is 2.08. The molecule has 1 unspecified atom stereocenters. The van der Waals surface area contributed by atoms with Crippen molar-refractivity contribution in [3.05, 3.63) is 83.1 Å². The Kier molecular flexibility index (Phi) is 5.62. The second-order valence-electron chi connectivity index (χ2n) is 7.70. The maximum Gasteiger partial charge on any atom is 0.272 e. The van der Waals surface area contributed by atoms with Crippen molar-refractivity contribution in [1.82, 2.24) is 4.90 Å². The minimum absolute atomic E-state index is 0.108. The van der Waals surface area contributed by atoms with E-state index >= 15 is 0 Å². The van der Waals surface area contributed by atoms with Crippen molar-refractivity contribution in [2.24, 2.45) is 0 Å². The van der Waals surface area contributed by atoms with Crippen LogP contribution in [0.5, 0.6) is 5.75 Å². The van der Waals surface area contributed by atoms with Crippen molar-refractivity contribution in [3.8, 4) is 5.75 Å². The standard InChI is InChI=1S/C23H22Cl2N2O3/c1-4-30-23-20(21(28)22(23)29)26-14-5-6-15(12(2)7-14)17-10-27(3)11-18-16(17)8-13(24)9-19(18)25/h5-9,17,26H,4,10-11H2,1-3H3. The van der Waals surface area contributed by atoms with Crippen molar-refractivity contribution in [3.63, 3.8) is 0 Å². The Labute approximate surface area is 184 Å². The molecule has 0 aromatic heterocycles. The van der Waals surface area contributed by atoms with Crippen LogP contribution in [0, 0.1) is 6.92 Å². The molecule has 3 aromatic carbocycles. The van der Waals surface area contributed by atoms with Gasteiger partial charge in [-0.05, 0) is 67.4 Å². The lowest BCUT2D eigenvalue weighted by Crippen LogP contribution is -2.35. The number of likely N-dealkylation sites (N-methyl/N-ethyl adjacent to an activating group) is 1. The summed E-state index contributed by atoms with van der Waals surface area (Å²) in [6, 6.07) is 9.73. The maximum absolute atomic E-state index is 11.9. The predicted octanol–water partition coefficient (Wildman–Crippen LogP) is 4.62. The van der Waals surface area contributed by atoms with Crippen LogP contribution in [-0.4, -0.2) is 25.1 Å². The van der Waals surface area contributed by atoms with E-state index in [4.69, 9.17) is 27.9 Å². The van der Waals surface area contributed by atoms with Crippen molar-refractivity contribution < 1.29 is 4.74 Å². The van der Waals surface area contributed by atoms with Gasteiger partial charge in [0.1, 0.15) is 5.69 Å². The van der Waals surface area contributed by atoms with Crippen LogP contribution in [0.3, 0.4) is 0 Å². The van der Waals surface area contributed by atoms with Gasteiger partial charge in [0.2, 0.25) is 0 Å². The highest BCUT2D eigenvalue weighted by atomic mass is 35.5. The molecular formula is C23H22Cl2N2O3. The highest BCUT2D eigenvalue weighted by Gasteiger charge is 2.28. The maximum atomic E-state index is 11.9. The molecule has 0 aliphatic carbocycles. The zero-order valence-electron chi connectivity index (χ0n) is 17.0. The van der Waals surface area contributed by atoms with Crippen LogP contribution in [-0.2, 0) is 6.54 Å². The number of nitrogens with zero attached hydrogens (tertiary/aromatic N) is 1. The van der Waals surface area contributed by atoms with Gasteiger partial charge in [-0.3, -0.25) is 9.59 Å². The number of fused-ring (bicyclic) bond motifs is 1. The van der Waals surface area contributed by atoms with Gasteiger partial charge in [0.25, 0.3) is 10.9 Å². The first-order valence-electron chi connectivity index (χ1n) is 9.80. The smallest absolute Gasteiger partial charge is 0.272 e. The molecule has 0 bridgehead atoms. The third kappa shape index (κ3) is 3.62. The van der Waals surface area contributed by atoms with E-state index in [1.165, 1.54) is 5.56 Å². The van der Waals surface area contributed by atoms with Crippen LogP contribution in [0.2, 0.25) is 10.0 Å². The van der Waals surface area contributed by atoms with Crippen LogP contribution < -0.4 is 20.9 Å².